The van der Waals surface area contributed by atoms with Crippen LogP contribution in [0.3, 0.4) is 0 Å². The van der Waals surface area contributed by atoms with E-state index in [1.807, 2.05) is 12.1 Å². The highest BCUT2D eigenvalue weighted by atomic mass is 79.9. The van der Waals surface area contributed by atoms with Gasteiger partial charge in [-0.3, -0.25) is 4.79 Å². The van der Waals surface area contributed by atoms with E-state index in [2.05, 4.69) is 38.3 Å². The third-order valence-electron chi connectivity index (χ3n) is 4.91. The Morgan fingerprint density at radius 2 is 1.91 bits per heavy atom. The molecular weight excluding hydrogens is 396 g/mol. The lowest BCUT2D eigenvalue weighted by atomic mass is 9.78. The van der Waals surface area contributed by atoms with Crippen LogP contribution in [0.5, 0.6) is 0 Å². The largest absolute Gasteiger partial charge is 0.343 e. The predicted molar refractivity (Wildman–Crippen MR) is 102 cm³/mol. The summed E-state index contributed by atoms with van der Waals surface area (Å²) in [7, 11) is 0. The molecule has 1 aromatic rings. The van der Waals surface area contributed by atoms with Crippen LogP contribution in [-0.2, 0) is 4.79 Å². The van der Waals surface area contributed by atoms with Crippen LogP contribution in [0.4, 0.5) is 0 Å². The van der Waals surface area contributed by atoms with Gasteiger partial charge in [0.15, 0.2) is 0 Å². The van der Waals surface area contributed by atoms with Crippen LogP contribution in [0.2, 0.25) is 0 Å². The zero-order valence-electron chi connectivity index (χ0n) is 13.2. The first-order valence-corrected chi connectivity index (χ1v) is 9.82. The second-order valence-electron chi connectivity index (χ2n) is 6.36. The van der Waals surface area contributed by atoms with Gasteiger partial charge in [0.2, 0.25) is 5.91 Å². The standard InChI is InChI=1S/C17H23BrN2OS.ClH/c18-14-1-3-15(4-2-14)22-12-5-16(21)20-10-7-17(8-11-20)6-9-19-13-17;/h1-4,19H,5-13H2;1H. The van der Waals surface area contributed by atoms with E-state index in [-0.39, 0.29) is 12.4 Å². The highest BCUT2D eigenvalue weighted by Gasteiger charge is 2.37. The fourth-order valence-electron chi connectivity index (χ4n) is 3.40. The number of halogens is 2. The molecule has 0 saturated carbocycles. The molecule has 23 heavy (non-hydrogen) atoms. The summed E-state index contributed by atoms with van der Waals surface area (Å²) in [5.41, 5.74) is 0.489. The Labute approximate surface area is 157 Å². The molecule has 0 radical (unpaired) electrons. The van der Waals surface area contributed by atoms with Crippen molar-refractivity contribution < 1.29 is 4.79 Å². The van der Waals surface area contributed by atoms with E-state index in [4.69, 9.17) is 0 Å². The first kappa shape index (κ1) is 19.1. The average Bonchev–Trinajstić information content (AvgIpc) is 2.98. The van der Waals surface area contributed by atoms with Crippen molar-refractivity contribution in [2.75, 3.05) is 31.9 Å². The van der Waals surface area contributed by atoms with Gasteiger partial charge in [-0.2, -0.15) is 0 Å². The summed E-state index contributed by atoms with van der Waals surface area (Å²) < 4.78 is 1.09. The monoisotopic (exact) mass is 418 g/mol. The Balaban J connectivity index is 0.00000192. The summed E-state index contributed by atoms with van der Waals surface area (Å²) in [6.45, 7) is 4.19. The van der Waals surface area contributed by atoms with E-state index in [1.54, 1.807) is 11.8 Å². The second-order valence-corrected chi connectivity index (χ2v) is 8.44. The Morgan fingerprint density at radius 3 is 2.52 bits per heavy atom. The molecule has 1 N–H and O–H groups in total. The molecule has 2 fully saturated rings. The average molecular weight is 420 g/mol. The first-order chi connectivity index (χ1) is 10.7. The SMILES string of the molecule is Cl.O=C(CCSc1ccc(Br)cc1)N1CCC2(CCNC2)CC1. The number of benzene rings is 1. The van der Waals surface area contributed by atoms with Crippen LogP contribution < -0.4 is 5.32 Å². The molecule has 2 aliphatic heterocycles. The van der Waals surface area contributed by atoms with Gasteiger partial charge in [-0.15, -0.1) is 24.2 Å². The maximum atomic E-state index is 12.3. The number of rotatable bonds is 4. The molecular formula is C17H24BrClN2OS. The molecule has 128 valence electrons. The number of carbonyl (C=O) groups excluding carboxylic acids is 1. The molecule has 0 aliphatic carbocycles. The molecule has 2 aliphatic rings. The van der Waals surface area contributed by atoms with Gasteiger partial charge in [0.05, 0.1) is 0 Å². The van der Waals surface area contributed by atoms with Crippen LogP contribution in [0.15, 0.2) is 33.6 Å². The maximum Gasteiger partial charge on any atom is 0.223 e. The summed E-state index contributed by atoms with van der Waals surface area (Å²) in [4.78, 5) is 15.6. The van der Waals surface area contributed by atoms with E-state index in [0.29, 0.717) is 17.7 Å². The van der Waals surface area contributed by atoms with Crippen LogP contribution in [0.25, 0.3) is 0 Å². The Kier molecular flexibility index (Phi) is 7.26. The quantitative estimate of drug-likeness (QED) is 0.750. The van der Waals surface area contributed by atoms with Gasteiger partial charge in [-0.1, -0.05) is 15.9 Å². The number of thioether (sulfide) groups is 1. The summed E-state index contributed by atoms with van der Waals surface area (Å²) >= 11 is 5.20. The molecule has 0 atom stereocenters. The third kappa shape index (κ3) is 5.12. The Morgan fingerprint density at radius 1 is 1.22 bits per heavy atom. The van der Waals surface area contributed by atoms with Gasteiger partial charge >= 0.3 is 0 Å². The highest BCUT2D eigenvalue weighted by Crippen LogP contribution is 2.37. The van der Waals surface area contributed by atoms with Gasteiger partial charge in [-0.25, -0.2) is 0 Å². The molecule has 3 nitrogen and oxygen atoms in total. The summed E-state index contributed by atoms with van der Waals surface area (Å²) in [6, 6.07) is 8.28. The molecule has 6 heteroatoms. The number of hydrogen-bond acceptors (Lipinski definition) is 3. The number of likely N-dealkylation sites (tertiary alicyclic amines) is 1. The first-order valence-electron chi connectivity index (χ1n) is 8.04. The minimum atomic E-state index is 0. The molecule has 0 aromatic heterocycles. The predicted octanol–water partition coefficient (Wildman–Crippen LogP) is 3.96. The van der Waals surface area contributed by atoms with E-state index in [0.717, 1.165) is 36.4 Å². The molecule has 1 spiro atoms. The molecule has 2 saturated heterocycles. The van der Waals surface area contributed by atoms with Crippen molar-refractivity contribution in [2.45, 2.75) is 30.6 Å². The van der Waals surface area contributed by atoms with Crippen LogP contribution in [0.1, 0.15) is 25.7 Å². The van der Waals surface area contributed by atoms with Crippen molar-refractivity contribution >= 4 is 46.0 Å². The molecule has 0 bridgehead atoms. The Hall–Kier alpha value is -0.230. The fourth-order valence-corrected chi connectivity index (χ4v) is 4.50. The number of nitrogens with one attached hydrogen (secondary N) is 1. The topological polar surface area (TPSA) is 32.3 Å². The summed E-state index contributed by atoms with van der Waals surface area (Å²) in [5, 5.41) is 3.47. The van der Waals surface area contributed by atoms with Gasteiger partial charge < -0.3 is 10.2 Å². The van der Waals surface area contributed by atoms with Crippen LogP contribution >= 0.6 is 40.1 Å². The van der Waals surface area contributed by atoms with E-state index >= 15 is 0 Å². The van der Waals surface area contributed by atoms with Crippen molar-refractivity contribution in [3.63, 3.8) is 0 Å². The number of nitrogens with zero attached hydrogens (tertiary/aromatic N) is 1. The zero-order valence-corrected chi connectivity index (χ0v) is 16.4. The lowest BCUT2D eigenvalue weighted by molar-refractivity contribution is -0.132. The molecule has 0 unspecified atom stereocenters. The normalized spacial score (nSPS) is 19.6. The minimum absolute atomic E-state index is 0. The molecule has 1 aromatic carbocycles. The van der Waals surface area contributed by atoms with E-state index in [9.17, 15) is 4.79 Å². The van der Waals surface area contributed by atoms with Crippen molar-refractivity contribution in [3.05, 3.63) is 28.7 Å². The molecule has 3 rings (SSSR count). The van der Waals surface area contributed by atoms with Gasteiger partial charge in [-0.05, 0) is 55.5 Å². The highest BCUT2D eigenvalue weighted by molar-refractivity contribution is 9.10. The van der Waals surface area contributed by atoms with Gasteiger partial charge in [0.25, 0.3) is 0 Å². The van der Waals surface area contributed by atoms with Crippen LogP contribution in [0, 0.1) is 5.41 Å². The number of hydrogen-bond donors (Lipinski definition) is 1. The molecule has 2 heterocycles. The zero-order chi connectivity index (χ0) is 15.4. The number of amides is 1. The number of carbonyl (C=O) groups is 1. The fraction of sp³-hybridized carbons (Fsp3) is 0.588. The lowest BCUT2D eigenvalue weighted by Crippen LogP contribution is -2.44. The Bertz CT molecular complexity index is 510. The van der Waals surface area contributed by atoms with E-state index in [1.165, 1.54) is 24.2 Å². The van der Waals surface area contributed by atoms with Crippen molar-refractivity contribution in [2.24, 2.45) is 5.41 Å². The number of piperidine rings is 1. The van der Waals surface area contributed by atoms with Crippen molar-refractivity contribution in [1.82, 2.24) is 10.2 Å². The third-order valence-corrected chi connectivity index (χ3v) is 6.45. The van der Waals surface area contributed by atoms with E-state index < -0.39 is 0 Å². The van der Waals surface area contributed by atoms with Crippen molar-refractivity contribution in [1.29, 1.82) is 0 Å². The lowest BCUT2D eigenvalue weighted by Gasteiger charge is -2.39. The van der Waals surface area contributed by atoms with Gasteiger partial charge in [0.1, 0.15) is 0 Å². The van der Waals surface area contributed by atoms with Gasteiger partial charge in [0, 0.05) is 41.2 Å². The van der Waals surface area contributed by atoms with Crippen LogP contribution in [-0.4, -0.2) is 42.7 Å². The van der Waals surface area contributed by atoms with Crippen molar-refractivity contribution in [3.8, 4) is 0 Å². The summed E-state index contributed by atoms with van der Waals surface area (Å²) in [6.07, 6.45) is 4.28. The second kappa shape index (κ2) is 8.75. The maximum absolute atomic E-state index is 12.3. The summed E-state index contributed by atoms with van der Waals surface area (Å²) in [5.74, 6) is 1.19. The minimum Gasteiger partial charge on any atom is -0.343 e. The smallest absolute Gasteiger partial charge is 0.223 e. The molecule has 1 amide bonds.